The molecule has 6 heteroatoms. The van der Waals surface area contributed by atoms with Gasteiger partial charge < -0.3 is 15.3 Å². The lowest BCUT2D eigenvalue weighted by Gasteiger charge is -2.35. The highest BCUT2D eigenvalue weighted by Gasteiger charge is 2.27. The van der Waals surface area contributed by atoms with Crippen molar-refractivity contribution < 1.29 is 14.7 Å². The van der Waals surface area contributed by atoms with Crippen molar-refractivity contribution in [2.45, 2.75) is 19.4 Å². The minimum absolute atomic E-state index is 0.0221. The molecule has 0 spiro atoms. The van der Waals surface area contributed by atoms with Gasteiger partial charge in [-0.05, 0) is 38.1 Å². The first-order chi connectivity index (χ1) is 9.49. The molecule has 6 nitrogen and oxygen atoms in total. The number of carboxylic acid groups (broad SMARTS) is 1. The standard InChI is InChI=1S/C14H19N3O3/c1-9-8-17(2)7-5-11(9)16-13(18)12-10(14(19)20)4-3-6-15-12/h3-4,6,9,11H,5,7-8H2,1-2H3,(H,16,18)(H,19,20). The van der Waals surface area contributed by atoms with Gasteiger partial charge in [0, 0.05) is 18.8 Å². The molecule has 0 aromatic carbocycles. The molecule has 20 heavy (non-hydrogen) atoms. The monoisotopic (exact) mass is 277 g/mol. The van der Waals surface area contributed by atoms with Gasteiger partial charge in [0.15, 0.2) is 0 Å². The predicted octanol–water partition coefficient (Wildman–Crippen LogP) is 0.850. The molecule has 2 heterocycles. The summed E-state index contributed by atoms with van der Waals surface area (Å²) in [4.78, 5) is 29.4. The molecular formula is C14H19N3O3. The van der Waals surface area contributed by atoms with Crippen LogP contribution in [0.4, 0.5) is 0 Å². The SMILES string of the molecule is CC1CN(C)CCC1NC(=O)c1ncccc1C(=O)O. The second-order valence-corrected chi connectivity index (χ2v) is 5.31. The van der Waals surface area contributed by atoms with E-state index >= 15 is 0 Å². The van der Waals surface area contributed by atoms with Gasteiger partial charge in [-0.3, -0.25) is 9.78 Å². The number of likely N-dealkylation sites (tertiary alicyclic amines) is 1. The first-order valence-electron chi connectivity index (χ1n) is 6.66. The zero-order valence-corrected chi connectivity index (χ0v) is 11.7. The zero-order valence-electron chi connectivity index (χ0n) is 11.7. The van der Waals surface area contributed by atoms with E-state index in [9.17, 15) is 9.59 Å². The Hall–Kier alpha value is -1.95. The molecule has 1 aromatic rings. The van der Waals surface area contributed by atoms with Crippen molar-refractivity contribution in [1.82, 2.24) is 15.2 Å². The van der Waals surface area contributed by atoms with E-state index in [0.717, 1.165) is 19.5 Å². The summed E-state index contributed by atoms with van der Waals surface area (Å²) >= 11 is 0. The molecule has 1 aliphatic heterocycles. The van der Waals surface area contributed by atoms with Crippen molar-refractivity contribution in [2.24, 2.45) is 5.92 Å². The lowest BCUT2D eigenvalue weighted by Crippen LogP contribution is -2.49. The van der Waals surface area contributed by atoms with Crippen LogP contribution in [0.25, 0.3) is 0 Å². The average molecular weight is 277 g/mol. The van der Waals surface area contributed by atoms with Gasteiger partial charge in [0.2, 0.25) is 0 Å². The molecule has 2 N–H and O–H groups in total. The van der Waals surface area contributed by atoms with Crippen molar-refractivity contribution >= 4 is 11.9 Å². The Bertz CT molecular complexity index is 518. The fourth-order valence-corrected chi connectivity index (χ4v) is 2.56. The summed E-state index contributed by atoms with van der Waals surface area (Å²) in [6.07, 6.45) is 2.29. The molecule has 2 rings (SSSR count). The Labute approximate surface area is 117 Å². The third-order valence-electron chi connectivity index (χ3n) is 3.68. The molecule has 2 unspecified atom stereocenters. The minimum atomic E-state index is -1.14. The Morgan fingerprint density at radius 1 is 1.50 bits per heavy atom. The van der Waals surface area contributed by atoms with E-state index < -0.39 is 11.9 Å². The van der Waals surface area contributed by atoms with Crippen LogP contribution in [-0.2, 0) is 0 Å². The molecular weight excluding hydrogens is 258 g/mol. The highest BCUT2D eigenvalue weighted by atomic mass is 16.4. The first kappa shape index (κ1) is 14.5. The number of carbonyl (C=O) groups is 2. The largest absolute Gasteiger partial charge is 0.478 e. The molecule has 1 fully saturated rings. The molecule has 0 aliphatic carbocycles. The summed E-state index contributed by atoms with van der Waals surface area (Å²) in [7, 11) is 2.05. The van der Waals surface area contributed by atoms with E-state index in [2.05, 4.69) is 29.2 Å². The number of carbonyl (C=O) groups excluding carboxylic acids is 1. The maximum atomic E-state index is 12.2. The number of nitrogens with zero attached hydrogens (tertiary/aromatic N) is 2. The number of aromatic nitrogens is 1. The number of hydrogen-bond donors (Lipinski definition) is 2. The van der Waals surface area contributed by atoms with Crippen molar-refractivity contribution in [3.63, 3.8) is 0 Å². The van der Waals surface area contributed by atoms with Crippen LogP contribution in [0.5, 0.6) is 0 Å². The molecule has 1 amide bonds. The molecule has 1 aromatic heterocycles. The third kappa shape index (κ3) is 3.14. The van der Waals surface area contributed by atoms with Crippen molar-refractivity contribution in [3.05, 3.63) is 29.6 Å². The summed E-state index contributed by atoms with van der Waals surface area (Å²) in [5.74, 6) is -1.22. The van der Waals surface area contributed by atoms with Crippen molar-refractivity contribution in [3.8, 4) is 0 Å². The Morgan fingerprint density at radius 3 is 2.90 bits per heavy atom. The quantitative estimate of drug-likeness (QED) is 0.856. The van der Waals surface area contributed by atoms with Gasteiger partial charge in [0.25, 0.3) is 5.91 Å². The minimum Gasteiger partial charge on any atom is -0.478 e. The van der Waals surface area contributed by atoms with Gasteiger partial charge in [0.1, 0.15) is 5.69 Å². The topological polar surface area (TPSA) is 82.5 Å². The Kier molecular flexibility index (Phi) is 4.34. The van der Waals surface area contributed by atoms with E-state index in [1.807, 2.05) is 0 Å². The van der Waals surface area contributed by atoms with Crippen molar-refractivity contribution in [2.75, 3.05) is 20.1 Å². The van der Waals surface area contributed by atoms with Crippen LogP contribution in [0.1, 0.15) is 34.2 Å². The fourth-order valence-electron chi connectivity index (χ4n) is 2.56. The number of rotatable bonds is 3. The van der Waals surface area contributed by atoms with Crippen LogP contribution in [0.2, 0.25) is 0 Å². The summed E-state index contributed by atoms with van der Waals surface area (Å²) in [6.45, 7) is 3.92. The maximum Gasteiger partial charge on any atom is 0.338 e. The summed E-state index contributed by atoms with van der Waals surface area (Å²) in [6, 6.07) is 2.96. The van der Waals surface area contributed by atoms with Gasteiger partial charge in [-0.25, -0.2) is 4.79 Å². The van der Waals surface area contributed by atoms with Crippen LogP contribution in [0, 0.1) is 5.92 Å². The van der Waals surface area contributed by atoms with Gasteiger partial charge in [-0.1, -0.05) is 6.92 Å². The fraction of sp³-hybridized carbons (Fsp3) is 0.500. The van der Waals surface area contributed by atoms with Crippen LogP contribution in [-0.4, -0.2) is 53.0 Å². The van der Waals surface area contributed by atoms with Gasteiger partial charge >= 0.3 is 5.97 Å². The number of carboxylic acids is 1. The molecule has 108 valence electrons. The summed E-state index contributed by atoms with van der Waals surface area (Å²) in [5.41, 5.74) is -0.0864. The molecule has 0 saturated carbocycles. The normalized spacial score (nSPS) is 23.3. The number of hydrogen-bond acceptors (Lipinski definition) is 4. The van der Waals surface area contributed by atoms with Crippen LogP contribution in [0.15, 0.2) is 18.3 Å². The maximum absolute atomic E-state index is 12.2. The van der Waals surface area contributed by atoms with E-state index in [1.54, 1.807) is 0 Å². The van der Waals surface area contributed by atoms with Crippen LogP contribution < -0.4 is 5.32 Å². The molecule has 0 radical (unpaired) electrons. The smallest absolute Gasteiger partial charge is 0.338 e. The zero-order chi connectivity index (χ0) is 14.7. The number of amides is 1. The van der Waals surface area contributed by atoms with E-state index in [4.69, 9.17) is 5.11 Å². The van der Waals surface area contributed by atoms with Crippen molar-refractivity contribution in [1.29, 1.82) is 0 Å². The predicted molar refractivity (Wildman–Crippen MR) is 73.7 cm³/mol. The Balaban J connectivity index is 2.11. The Morgan fingerprint density at radius 2 is 2.25 bits per heavy atom. The summed E-state index contributed by atoms with van der Waals surface area (Å²) in [5, 5.41) is 12.0. The molecule has 2 atom stereocenters. The third-order valence-corrected chi connectivity index (χ3v) is 3.68. The number of nitrogens with one attached hydrogen (secondary N) is 1. The number of pyridine rings is 1. The average Bonchev–Trinajstić information content (AvgIpc) is 2.41. The van der Waals surface area contributed by atoms with Gasteiger partial charge in [-0.2, -0.15) is 0 Å². The lowest BCUT2D eigenvalue weighted by atomic mass is 9.94. The molecule has 0 bridgehead atoms. The highest BCUT2D eigenvalue weighted by Crippen LogP contribution is 2.16. The van der Waals surface area contributed by atoms with Gasteiger partial charge in [0.05, 0.1) is 5.56 Å². The van der Waals surface area contributed by atoms with Gasteiger partial charge in [-0.15, -0.1) is 0 Å². The molecule has 1 saturated heterocycles. The summed E-state index contributed by atoms with van der Waals surface area (Å²) < 4.78 is 0. The van der Waals surface area contributed by atoms with E-state index in [1.165, 1.54) is 18.3 Å². The highest BCUT2D eigenvalue weighted by molar-refractivity contribution is 6.03. The van der Waals surface area contributed by atoms with Crippen LogP contribution in [0.3, 0.4) is 0 Å². The van der Waals surface area contributed by atoms with E-state index in [0.29, 0.717) is 5.92 Å². The first-order valence-corrected chi connectivity index (χ1v) is 6.66. The number of aromatic carboxylic acids is 1. The lowest BCUT2D eigenvalue weighted by molar-refractivity contribution is 0.0687. The molecule has 1 aliphatic rings. The van der Waals surface area contributed by atoms with Crippen LogP contribution >= 0.6 is 0 Å². The van der Waals surface area contributed by atoms with E-state index in [-0.39, 0.29) is 17.3 Å². The second-order valence-electron chi connectivity index (χ2n) is 5.31. The number of piperidine rings is 1. The second kappa shape index (κ2) is 6.00.